The lowest BCUT2D eigenvalue weighted by Gasteiger charge is -2.49. The first kappa shape index (κ1) is 26.3. The number of aromatic amines is 2. The molecule has 2 aliphatic carbocycles. The van der Waals surface area contributed by atoms with Crippen LogP contribution in [0.25, 0.3) is 0 Å². The third-order valence-electron chi connectivity index (χ3n) is 9.48. The molecule has 15 heteroatoms. The van der Waals surface area contributed by atoms with Crippen LogP contribution >= 0.6 is 0 Å². The van der Waals surface area contributed by atoms with E-state index in [0.29, 0.717) is 11.8 Å². The van der Waals surface area contributed by atoms with Crippen LogP contribution in [0.3, 0.4) is 0 Å². The first-order valence-corrected chi connectivity index (χ1v) is 14.0. The van der Waals surface area contributed by atoms with Crippen molar-refractivity contribution < 1.29 is 14.7 Å². The van der Waals surface area contributed by atoms with Crippen molar-refractivity contribution in [2.75, 3.05) is 13.1 Å². The molecule has 15 nitrogen and oxygen atoms in total. The van der Waals surface area contributed by atoms with Crippen LogP contribution in [0.5, 0.6) is 0 Å². The second kappa shape index (κ2) is 9.94. The Morgan fingerprint density at radius 2 is 1.85 bits per heavy atom. The van der Waals surface area contributed by atoms with Crippen LogP contribution in [-0.2, 0) is 4.79 Å². The highest BCUT2D eigenvalue weighted by molar-refractivity contribution is 5.92. The number of guanidine groups is 2. The molecule has 1 spiro atoms. The van der Waals surface area contributed by atoms with Gasteiger partial charge in [-0.05, 0) is 24.7 Å². The molecule has 0 radical (unpaired) electrons. The third-order valence-corrected chi connectivity index (χ3v) is 9.48. The molecular weight excluding hydrogens is 520 g/mol. The van der Waals surface area contributed by atoms with Gasteiger partial charge in [-0.15, -0.1) is 0 Å². The van der Waals surface area contributed by atoms with Crippen LogP contribution in [0.15, 0.2) is 15.7 Å². The molecule has 8 atom stereocenters. The minimum atomic E-state index is -1.30. The van der Waals surface area contributed by atoms with Crippen molar-refractivity contribution in [2.45, 2.75) is 74.8 Å². The standard InChI is InChI=1S/C25H36N10O5/c26-22-33-18-15(9-28-21(39)14-8-17(36)32-24(40)31-14)30-23(27)35-10-16(19(37)25(18,35)34-22)29-20(38)13-7-3-5-11-4-1-2-6-12(11)13/h8,11-13,15-16,18-19,37H,1-7,9-10H2,(H2,27,30)(H,28,39)(H,29,38)(H3,26,33,34)(H2,31,32,36,40)/t11?,12?,13?,15-,16?,18-,19+,25?/m0/s1. The lowest BCUT2D eigenvalue weighted by Crippen LogP contribution is -2.78. The average Bonchev–Trinajstić information content (AvgIpc) is 3.42. The predicted molar refractivity (Wildman–Crippen MR) is 143 cm³/mol. The Bertz CT molecular complexity index is 1310. The highest BCUT2D eigenvalue weighted by Crippen LogP contribution is 2.44. The number of amides is 2. The van der Waals surface area contributed by atoms with E-state index in [9.17, 15) is 24.3 Å². The molecule has 5 unspecified atom stereocenters. The maximum Gasteiger partial charge on any atom is 0.326 e. The SMILES string of the molecule is N=C1N[C@H]2[C@H](CNC(=O)c3cc(=O)[nH]c(=O)[nH]3)NC(=N)N3CC(NC(=O)C4CCCC5CCCCC54)[C@@H](O)C23N1. The molecule has 3 aliphatic heterocycles. The number of nitrogens with zero attached hydrogens (tertiary/aromatic N) is 1. The zero-order chi connectivity index (χ0) is 28.2. The molecule has 2 saturated carbocycles. The van der Waals surface area contributed by atoms with Crippen LogP contribution < -0.4 is 37.8 Å². The van der Waals surface area contributed by atoms with Gasteiger partial charge in [0.15, 0.2) is 17.6 Å². The fourth-order valence-electron chi connectivity index (χ4n) is 7.74. The van der Waals surface area contributed by atoms with E-state index in [-0.39, 0.29) is 42.5 Å². The Morgan fingerprint density at radius 3 is 2.65 bits per heavy atom. The van der Waals surface area contributed by atoms with Crippen molar-refractivity contribution in [2.24, 2.45) is 17.8 Å². The first-order chi connectivity index (χ1) is 19.2. The fraction of sp³-hybridized carbons (Fsp3) is 0.680. The van der Waals surface area contributed by atoms with Gasteiger partial charge in [0, 0.05) is 25.1 Å². The van der Waals surface area contributed by atoms with Gasteiger partial charge in [0.2, 0.25) is 5.91 Å². The Kier molecular flexibility index (Phi) is 6.55. The maximum absolute atomic E-state index is 13.5. The molecule has 216 valence electrons. The highest BCUT2D eigenvalue weighted by atomic mass is 16.3. The number of fused-ring (bicyclic) bond motifs is 1. The van der Waals surface area contributed by atoms with Gasteiger partial charge >= 0.3 is 5.69 Å². The van der Waals surface area contributed by atoms with Gasteiger partial charge in [0.25, 0.3) is 11.5 Å². The highest BCUT2D eigenvalue weighted by Gasteiger charge is 2.66. The minimum absolute atomic E-state index is 0.0233. The van der Waals surface area contributed by atoms with E-state index in [2.05, 4.69) is 31.6 Å². The number of carbonyl (C=O) groups is 2. The zero-order valence-corrected chi connectivity index (χ0v) is 22.0. The Labute approximate surface area is 229 Å². The summed E-state index contributed by atoms with van der Waals surface area (Å²) in [5.74, 6) is 0.0568. The van der Waals surface area contributed by atoms with Gasteiger partial charge in [-0.25, -0.2) is 4.79 Å². The second-order valence-corrected chi connectivity index (χ2v) is 11.7. The summed E-state index contributed by atoms with van der Waals surface area (Å²) in [5, 5.41) is 43.4. The van der Waals surface area contributed by atoms with Gasteiger partial charge in [-0.3, -0.25) is 30.2 Å². The second-order valence-electron chi connectivity index (χ2n) is 11.7. The van der Waals surface area contributed by atoms with Gasteiger partial charge in [0.05, 0.1) is 18.1 Å². The summed E-state index contributed by atoms with van der Waals surface area (Å²) in [4.78, 5) is 55.2. The lowest BCUT2D eigenvalue weighted by atomic mass is 9.65. The number of nitrogens with one attached hydrogen (secondary N) is 9. The summed E-state index contributed by atoms with van der Waals surface area (Å²) < 4.78 is 0. The number of H-pyrrole nitrogens is 2. The zero-order valence-electron chi connectivity index (χ0n) is 22.0. The van der Waals surface area contributed by atoms with E-state index >= 15 is 0 Å². The summed E-state index contributed by atoms with van der Waals surface area (Å²) in [5.41, 5.74) is -3.04. The molecule has 5 fully saturated rings. The summed E-state index contributed by atoms with van der Waals surface area (Å²) in [6.07, 6.45) is 6.49. The van der Waals surface area contributed by atoms with E-state index in [1.54, 1.807) is 4.90 Å². The van der Waals surface area contributed by atoms with Gasteiger partial charge in [-0.2, -0.15) is 0 Å². The molecule has 4 heterocycles. The van der Waals surface area contributed by atoms with Crippen molar-refractivity contribution in [3.05, 3.63) is 32.6 Å². The number of aliphatic hydroxyl groups is 1. The molecule has 3 saturated heterocycles. The van der Waals surface area contributed by atoms with E-state index in [1.807, 2.05) is 4.98 Å². The minimum Gasteiger partial charge on any atom is -0.386 e. The van der Waals surface area contributed by atoms with Gasteiger partial charge < -0.3 is 41.6 Å². The van der Waals surface area contributed by atoms with Crippen molar-refractivity contribution in [1.29, 1.82) is 10.8 Å². The topological polar surface area (TPSA) is 231 Å². The molecule has 0 aromatic carbocycles. The molecule has 2 amide bonds. The summed E-state index contributed by atoms with van der Waals surface area (Å²) in [6.45, 7) is 0.123. The maximum atomic E-state index is 13.5. The smallest absolute Gasteiger partial charge is 0.326 e. The number of hydrogen-bond acceptors (Lipinski definition) is 7. The Morgan fingerprint density at radius 1 is 1.07 bits per heavy atom. The molecule has 6 rings (SSSR count). The van der Waals surface area contributed by atoms with Crippen LogP contribution in [0, 0.1) is 28.6 Å². The number of aromatic nitrogens is 2. The van der Waals surface area contributed by atoms with E-state index in [4.69, 9.17) is 10.8 Å². The molecule has 1 aromatic heterocycles. The molecule has 5 aliphatic rings. The molecule has 0 bridgehead atoms. The van der Waals surface area contributed by atoms with Crippen molar-refractivity contribution in [1.82, 2.24) is 41.5 Å². The largest absolute Gasteiger partial charge is 0.386 e. The number of hydrogen-bond donors (Lipinski definition) is 10. The number of rotatable bonds is 5. The molecule has 40 heavy (non-hydrogen) atoms. The van der Waals surface area contributed by atoms with Gasteiger partial charge in [0.1, 0.15) is 11.8 Å². The van der Waals surface area contributed by atoms with E-state index < -0.39 is 47.0 Å². The molecular formula is C25H36N10O5. The molecule has 1 aromatic rings. The van der Waals surface area contributed by atoms with Gasteiger partial charge in [-0.1, -0.05) is 32.1 Å². The number of carbonyl (C=O) groups excluding carboxylic acids is 2. The quantitative estimate of drug-likeness (QED) is 0.187. The van der Waals surface area contributed by atoms with Crippen molar-refractivity contribution in [3.8, 4) is 0 Å². The summed E-state index contributed by atoms with van der Waals surface area (Å²) >= 11 is 0. The average molecular weight is 557 g/mol. The van der Waals surface area contributed by atoms with Crippen molar-refractivity contribution in [3.63, 3.8) is 0 Å². The lowest BCUT2D eigenvalue weighted by molar-refractivity contribution is -0.131. The fourth-order valence-corrected chi connectivity index (χ4v) is 7.74. The Hall–Kier alpha value is -3.88. The molecule has 10 N–H and O–H groups in total. The first-order valence-electron chi connectivity index (χ1n) is 14.0. The number of aliphatic hydroxyl groups excluding tert-OH is 1. The van der Waals surface area contributed by atoms with Crippen LogP contribution in [0.1, 0.15) is 55.4 Å². The predicted octanol–water partition coefficient (Wildman–Crippen LogP) is -2.34. The monoisotopic (exact) mass is 556 g/mol. The summed E-state index contributed by atoms with van der Waals surface area (Å²) in [7, 11) is 0. The van der Waals surface area contributed by atoms with E-state index in [1.165, 1.54) is 19.3 Å². The normalized spacial score (nSPS) is 36.3. The van der Waals surface area contributed by atoms with E-state index in [0.717, 1.165) is 31.7 Å². The van der Waals surface area contributed by atoms with Crippen LogP contribution in [0.4, 0.5) is 0 Å². The Balaban J connectivity index is 1.18. The summed E-state index contributed by atoms with van der Waals surface area (Å²) in [6, 6.07) is -1.02. The third kappa shape index (κ3) is 4.32. The van der Waals surface area contributed by atoms with Crippen LogP contribution in [0.2, 0.25) is 0 Å². The van der Waals surface area contributed by atoms with Crippen LogP contribution in [-0.4, -0.2) is 86.7 Å². The van der Waals surface area contributed by atoms with Crippen molar-refractivity contribution >= 4 is 23.7 Å².